The van der Waals surface area contributed by atoms with Crippen LogP contribution in [-0.4, -0.2) is 11.0 Å². The van der Waals surface area contributed by atoms with E-state index in [1.807, 2.05) is 60.7 Å². The maximum absolute atomic E-state index is 12.4. The molecule has 0 fully saturated rings. The molecule has 3 aromatic carbocycles. The van der Waals surface area contributed by atoms with Crippen molar-refractivity contribution in [3.8, 4) is 0 Å². The molecule has 0 radical (unpaired) electrons. The summed E-state index contributed by atoms with van der Waals surface area (Å²) in [5.41, 5.74) is 3.90. The lowest BCUT2D eigenvalue weighted by atomic mass is 10.0. The molecule has 0 atom stereocenters. The van der Waals surface area contributed by atoms with Gasteiger partial charge in [-0.05, 0) is 53.3 Å². The van der Waals surface area contributed by atoms with Gasteiger partial charge in [-0.25, -0.2) is 4.79 Å². The van der Waals surface area contributed by atoms with Crippen molar-refractivity contribution in [1.82, 2.24) is 4.98 Å². The molecule has 0 bridgehead atoms. The van der Waals surface area contributed by atoms with E-state index >= 15 is 0 Å². The number of urea groups is 1. The Kier molecular flexibility index (Phi) is 4.79. The van der Waals surface area contributed by atoms with Crippen LogP contribution in [0.2, 0.25) is 0 Å². The predicted molar refractivity (Wildman–Crippen MR) is 110 cm³/mol. The molecular formula is C23H19N3O. The fourth-order valence-electron chi connectivity index (χ4n) is 3.05. The summed E-state index contributed by atoms with van der Waals surface area (Å²) in [6.45, 7) is 0. The minimum Gasteiger partial charge on any atom is -0.308 e. The smallest absolute Gasteiger partial charge is 0.308 e. The molecule has 4 rings (SSSR count). The number of benzene rings is 3. The standard InChI is InChI=1S/C23H19N3O/c27-23(26-22-10-9-20-16-24-12-11-19(20)15-22)25-21-8-4-7-18(14-21)13-17-5-2-1-3-6-17/h1-12,14-16H,13H2,(H2,25,26,27). The van der Waals surface area contributed by atoms with Gasteiger partial charge >= 0.3 is 6.03 Å². The van der Waals surface area contributed by atoms with E-state index in [0.29, 0.717) is 0 Å². The van der Waals surface area contributed by atoms with Crippen LogP contribution in [0.3, 0.4) is 0 Å². The molecule has 4 nitrogen and oxygen atoms in total. The zero-order valence-corrected chi connectivity index (χ0v) is 14.7. The van der Waals surface area contributed by atoms with Crippen LogP contribution in [0, 0.1) is 0 Å². The summed E-state index contributed by atoms with van der Waals surface area (Å²) in [4.78, 5) is 16.5. The van der Waals surface area contributed by atoms with Crippen molar-refractivity contribution in [2.24, 2.45) is 0 Å². The van der Waals surface area contributed by atoms with E-state index in [9.17, 15) is 4.79 Å². The topological polar surface area (TPSA) is 54.0 Å². The minimum atomic E-state index is -0.264. The summed E-state index contributed by atoms with van der Waals surface area (Å²) in [5.74, 6) is 0. The van der Waals surface area contributed by atoms with Crippen molar-refractivity contribution in [2.45, 2.75) is 6.42 Å². The molecule has 0 aliphatic heterocycles. The van der Waals surface area contributed by atoms with Gasteiger partial charge in [-0.3, -0.25) is 4.98 Å². The zero-order valence-electron chi connectivity index (χ0n) is 14.7. The Balaban J connectivity index is 1.43. The number of amides is 2. The van der Waals surface area contributed by atoms with Gasteiger partial charge in [0.25, 0.3) is 0 Å². The van der Waals surface area contributed by atoms with Gasteiger partial charge in [0.2, 0.25) is 0 Å². The third-order valence-electron chi connectivity index (χ3n) is 4.33. The van der Waals surface area contributed by atoms with Crippen molar-refractivity contribution in [1.29, 1.82) is 0 Å². The molecule has 1 heterocycles. The number of nitrogens with one attached hydrogen (secondary N) is 2. The number of fused-ring (bicyclic) bond motifs is 1. The highest BCUT2D eigenvalue weighted by atomic mass is 16.2. The predicted octanol–water partition coefficient (Wildman–Crippen LogP) is 5.47. The highest BCUT2D eigenvalue weighted by Gasteiger charge is 2.05. The average molecular weight is 353 g/mol. The first-order chi connectivity index (χ1) is 13.3. The summed E-state index contributed by atoms with van der Waals surface area (Å²) in [7, 11) is 0. The number of aromatic nitrogens is 1. The number of hydrogen-bond donors (Lipinski definition) is 2. The average Bonchev–Trinajstić information content (AvgIpc) is 2.69. The van der Waals surface area contributed by atoms with Crippen LogP contribution in [0.4, 0.5) is 16.2 Å². The monoisotopic (exact) mass is 353 g/mol. The molecule has 0 aliphatic rings. The number of nitrogens with zero attached hydrogens (tertiary/aromatic N) is 1. The Bertz CT molecular complexity index is 1080. The maximum Gasteiger partial charge on any atom is 0.323 e. The summed E-state index contributed by atoms with van der Waals surface area (Å²) < 4.78 is 0. The normalized spacial score (nSPS) is 10.5. The molecule has 0 aliphatic carbocycles. The van der Waals surface area contributed by atoms with E-state index in [0.717, 1.165) is 34.1 Å². The molecule has 0 saturated carbocycles. The molecule has 0 saturated heterocycles. The second kappa shape index (κ2) is 7.70. The third-order valence-corrected chi connectivity index (χ3v) is 4.33. The van der Waals surface area contributed by atoms with Crippen LogP contribution in [0.5, 0.6) is 0 Å². The molecule has 27 heavy (non-hydrogen) atoms. The number of pyridine rings is 1. The number of rotatable bonds is 4. The second-order valence-electron chi connectivity index (χ2n) is 6.38. The van der Waals surface area contributed by atoms with Crippen molar-refractivity contribution < 1.29 is 4.79 Å². The lowest BCUT2D eigenvalue weighted by molar-refractivity contribution is 0.262. The second-order valence-corrected chi connectivity index (χ2v) is 6.38. The van der Waals surface area contributed by atoms with E-state index in [2.05, 4.69) is 33.8 Å². The zero-order chi connectivity index (χ0) is 18.5. The first-order valence-electron chi connectivity index (χ1n) is 8.81. The quantitative estimate of drug-likeness (QED) is 0.511. The number of hydrogen-bond acceptors (Lipinski definition) is 2. The van der Waals surface area contributed by atoms with E-state index < -0.39 is 0 Å². The van der Waals surface area contributed by atoms with Crippen LogP contribution < -0.4 is 10.6 Å². The lowest BCUT2D eigenvalue weighted by Crippen LogP contribution is -2.19. The molecule has 1 aromatic heterocycles. The molecule has 4 heteroatoms. The van der Waals surface area contributed by atoms with Crippen LogP contribution >= 0.6 is 0 Å². The molecule has 132 valence electrons. The third kappa shape index (κ3) is 4.30. The molecule has 0 unspecified atom stereocenters. The van der Waals surface area contributed by atoms with Crippen LogP contribution in [-0.2, 0) is 6.42 Å². The maximum atomic E-state index is 12.4. The van der Waals surface area contributed by atoms with Crippen LogP contribution in [0.15, 0.2) is 91.3 Å². The van der Waals surface area contributed by atoms with E-state index in [1.54, 1.807) is 12.4 Å². The van der Waals surface area contributed by atoms with E-state index in [1.165, 1.54) is 5.56 Å². The van der Waals surface area contributed by atoms with Crippen molar-refractivity contribution in [2.75, 3.05) is 10.6 Å². The summed E-state index contributed by atoms with van der Waals surface area (Å²) >= 11 is 0. The summed E-state index contributed by atoms with van der Waals surface area (Å²) in [6.07, 6.45) is 4.37. The van der Waals surface area contributed by atoms with Gasteiger partial charge in [0, 0.05) is 29.2 Å². The lowest BCUT2D eigenvalue weighted by Gasteiger charge is -2.10. The molecule has 2 N–H and O–H groups in total. The van der Waals surface area contributed by atoms with Crippen molar-refractivity contribution in [3.63, 3.8) is 0 Å². The Labute approximate surface area is 157 Å². The highest BCUT2D eigenvalue weighted by Crippen LogP contribution is 2.19. The summed E-state index contributed by atoms with van der Waals surface area (Å²) in [5, 5.41) is 7.86. The number of anilines is 2. The molecule has 4 aromatic rings. The fraction of sp³-hybridized carbons (Fsp3) is 0.0435. The van der Waals surface area contributed by atoms with Gasteiger partial charge in [-0.2, -0.15) is 0 Å². The van der Waals surface area contributed by atoms with Gasteiger partial charge < -0.3 is 10.6 Å². The Morgan fingerprint density at radius 3 is 2.37 bits per heavy atom. The van der Waals surface area contributed by atoms with Gasteiger partial charge in [-0.15, -0.1) is 0 Å². The Hall–Kier alpha value is -3.66. The largest absolute Gasteiger partial charge is 0.323 e. The summed E-state index contributed by atoms with van der Waals surface area (Å²) in [6, 6.07) is 25.6. The number of carbonyl (C=O) groups is 1. The Morgan fingerprint density at radius 1 is 0.741 bits per heavy atom. The number of carbonyl (C=O) groups excluding carboxylic acids is 1. The van der Waals surface area contributed by atoms with Gasteiger partial charge in [-0.1, -0.05) is 48.5 Å². The first kappa shape index (κ1) is 16.8. The van der Waals surface area contributed by atoms with Crippen LogP contribution in [0.25, 0.3) is 10.8 Å². The minimum absolute atomic E-state index is 0.264. The van der Waals surface area contributed by atoms with Gasteiger partial charge in [0.05, 0.1) is 0 Å². The highest BCUT2D eigenvalue weighted by molar-refractivity contribution is 6.01. The molecular weight excluding hydrogens is 334 g/mol. The van der Waals surface area contributed by atoms with E-state index in [4.69, 9.17) is 0 Å². The van der Waals surface area contributed by atoms with Gasteiger partial charge in [0.15, 0.2) is 0 Å². The van der Waals surface area contributed by atoms with Crippen molar-refractivity contribution in [3.05, 3.63) is 102 Å². The SMILES string of the molecule is O=C(Nc1cccc(Cc2ccccc2)c1)Nc1ccc2cnccc2c1. The molecule has 2 amide bonds. The van der Waals surface area contributed by atoms with E-state index in [-0.39, 0.29) is 6.03 Å². The van der Waals surface area contributed by atoms with Crippen molar-refractivity contribution >= 4 is 28.2 Å². The molecule has 0 spiro atoms. The Morgan fingerprint density at radius 2 is 1.52 bits per heavy atom. The van der Waals surface area contributed by atoms with Gasteiger partial charge in [0.1, 0.15) is 0 Å². The first-order valence-corrected chi connectivity index (χ1v) is 8.81. The fourth-order valence-corrected chi connectivity index (χ4v) is 3.05. The van der Waals surface area contributed by atoms with Crippen LogP contribution in [0.1, 0.15) is 11.1 Å².